The van der Waals surface area contributed by atoms with Gasteiger partial charge in [0, 0.05) is 18.5 Å². The van der Waals surface area contributed by atoms with Crippen LogP contribution in [0.15, 0.2) is 18.2 Å². The molecule has 1 fully saturated rings. The molecule has 17 heavy (non-hydrogen) atoms. The Balaban J connectivity index is 1.87. The molecule has 0 aliphatic carbocycles. The summed E-state index contributed by atoms with van der Waals surface area (Å²) in [7, 11) is 2.14. The maximum atomic E-state index is 6.22. The zero-order chi connectivity index (χ0) is 11.8. The van der Waals surface area contributed by atoms with Crippen LogP contribution in [0.5, 0.6) is 11.5 Å². The van der Waals surface area contributed by atoms with Gasteiger partial charge in [0.15, 0.2) is 11.5 Å². The smallest absolute Gasteiger partial charge is 0.231 e. The highest BCUT2D eigenvalue weighted by Gasteiger charge is 2.27. The van der Waals surface area contributed by atoms with Gasteiger partial charge < -0.3 is 20.1 Å². The maximum Gasteiger partial charge on any atom is 0.231 e. The van der Waals surface area contributed by atoms with Gasteiger partial charge in [-0.15, -0.1) is 0 Å². The Labute approximate surface area is 101 Å². The highest BCUT2D eigenvalue weighted by Crippen LogP contribution is 2.36. The quantitative estimate of drug-likeness (QED) is 0.792. The first-order chi connectivity index (χ1) is 8.24. The Morgan fingerprint density at radius 2 is 2.12 bits per heavy atom. The number of nitrogens with two attached hydrogens (primary N) is 1. The van der Waals surface area contributed by atoms with Crippen LogP contribution in [-0.4, -0.2) is 37.9 Å². The largest absolute Gasteiger partial charge is 0.454 e. The molecule has 1 saturated heterocycles. The predicted molar refractivity (Wildman–Crippen MR) is 65.4 cm³/mol. The fraction of sp³-hybridized carbons (Fsp3) is 0.538. The predicted octanol–water partition coefficient (Wildman–Crippen LogP) is 1.16. The van der Waals surface area contributed by atoms with Crippen molar-refractivity contribution in [1.29, 1.82) is 0 Å². The number of fused-ring (bicyclic) bond motifs is 1. The fourth-order valence-electron chi connectivity index (χ4n) is 2.63. The van der Waals surface area contributed by atoms with E-state index in [0.29, 0.717) is 12.7 Å². The van der Waals surface area contributed by atoms with E-state index >= 15 is 0 Å². The van der Waals surface area contributed by atoms with Gasteiger partial charge in [-0.05, 0) is 37.7 Å². The second-order valence-corrected chi connectivity index (χ2v) is 4.93. The zero-order valence-corrected chi connectivity index (χ0v) is 10.1. The summed E-state index contributed by atoms with van der Waals surface area (Å²) < 4.78 is 10.7. The third kappa shape index (κ3) is 1.98. The lowest BCUT2D eigenvalue weighted by Gasteiger charge is -2.35. The molecule has 0 amide bonds. The fourth-order valence-corrected chi connectivity index (χ4v) is 2.63. The van der Waals surface area contributed by atoms with Crippen LogP contribution < -0.4 is 15.2 Å². The van der Waals surface area contributed by atoms with Gasteiger partial charge in [-0.1, -0.05) is 6.07 Å². The first-order valence-electron chi connectivity index (χ1n) is 6.08. The molecule has 0 aromatic heterocycles. The van der Waals surface area contributed by atoms with Crippen molar-refractivity contribution in [1.82, 2.24) is 4.90 Å². The summed E-state index contributed by atoms with van der Waals surface area (Å²) >= 11 is 0. The standard InChI is InChI=1S/C13H18N2O2/c1-15-5-4-11(14)10(7-15)9-2-3-12-13(6-9)17-8-16-12/h2-3,6,10-11H,4-5,7-8,14H2,1H3/t10-,11-/m0/s1. The van der Waals surface area contributed by atoms with Crippen LogP contribution in [0.4, 0.5) is 0 Å². The van der Waals surface area contributed by atoms with Crippen molar-refractivity contribution in [2.75, 3.05) is 26.9 Å². The molecule has 3 rings (SSSR count). The molecule has 2 aliphatic heterocycles. The van der Waals surface area contributed by atoms with Gasteiger partial charge in [-0.3, -0.25) is 0 Å². The normalized spacial score (nSPS) is 28.4. The Morgan fingerprint density at radius 3 is 3.00 bits per heavy atom. The number of hydrogen-bond acceptors (Lipinski definition) is 4. The molecule has 0 bridgehead atoms. The molecule has 1 aromatic carbocycles. The summed E-state index contributed by atoms with van der Waals surface area (Å²) in [6.45, 7) is 2.43. The number of piperidine rings is 1. The number of likely N-dealkylation sites (N-methyl/N-ethyl adjacent to an activating group) is 1. The molecular formula is C13H18N2O2. The number of benzene rings is 1. The monoisotopic (exact) mass is 234 g/mol. The second-order valence-electron chi connectivity index (χ2n) is 4.93. The Hall–Kier alpha value is -1.26. The molecule has 2 N–H and O–H groups in total. The SMILES string of the molecule is CN1CC[C@H](N)[C@H](c2ccc3c(c2)OCO3)C1. The van der Waals surface area contributed by atoms with Crippen molar-refractivity contribution in [2.24, 2.45) is 5.73 Å². The molecule has 4 heteroatoms. The average molecular weight is 234 g/mol. The van der Waals surface area contributed by atoms with E-state index in [9.17, 15) is 0 Å². The van der Waals surface area contributed by atoms with E-state index in [1.165, 1.54) is 5.56 Å². The number of ether oxygens (including phenoxy) is 2. The lowest BCUT2D eigenvalue weighted by atomic mass is 9.86. The second kappa shape index (κ2) is 4.20. The topological polar surface area (TPSA) is 47.7 Å². The van der Waals surface area contributed by atoms with E-state index in [1.54, 1.807) is 0 Å². The minimum Gasteiger partial charge on any atom is -0.454 e. The third-order valence-electron chi connectivity index (χ3n) is 3.69. The molecular weight excluding hydrogens is 216 g/mol. The minimum absolute atomic E-state index is 0.242. The zero-order valence-electron chi connectivity index (χ0n) is 10.1. The average Bonchev–Trinajstić information content (AvgIpc) is 2.79. The summed E-state index contributed by atoms with van der Waals surface area (Å²) in [5, 5.41) is 0. The summed E-state index contributed by atoms with van der Waals surface area (Å²) in [5.41, 5.74) is 7.48. The van der Waals surface area contributed by atoms with Crippen LogP contribution in [0, 0.1) is 0 Å². The van der Waals surface area contributed by atoms with Gasteiger partial charge in [-0.25, -0.2) is 0 Å². The third-order valence-corrected chi connectivity index (χ3v) is 3.69. The molecule has 4 nitrogen and oxygen atoms in total. The van der Waals surface area contributed by atoms with Gasteiger partial charge in [0.05, 0.1) is 0 Å². The highest BCUT2D eigenvalue weighted by atomic mass is 16.7. The number of hydrogen-bond donors (Lipinski definition) is 1. The first kappa shape index (κ1) is 10.9. The molecule has 2 aliphatic rings. The Kier molecular flexibility index (Phi) is 2.68. The number of likely N-dealkylation sites (tertiary alicyclic amines) is 1. The van der Waals surface area contributed by atoms with Gasteiger partial charge in [0.1, 0.15) is 0 Å². The van der Waals surface area contributed by atoms with Gasteiger partial charge in [-0.2, -0.15) is 0 Å². The lowest BCUT2D eigenvalue weighted by Crippen LogP contribution is -2.43. The van der Waals surface area contributed by atoms with Crippen LogP contribution in [-0.2, 0) is 0 Å². The van der Waals surface area contributed by atoms with Crippen molar-refractivity contribution < 1.29 is 9.47 Å². The molecule has 0 radical (unpaired) electrons. The van der Waals surface area contributed by atoms with Crippen LogP contribution in [0.2, 0.25) is 0 Å². The van der Waals surface area contributed by atoms with Crippen LogP contribution in [0.25, 0.3) is 0 Å². The van der Waals surface area contributed by atoms with Crippen LogP contribution in [0.1, 0.15) is 17.9 Å². The molecule has 0 saturated carbocycles. The first-order valence-corrected chi connectivity index (χ1v) is 6.08. The van der Waals surface area contributed by atoms with E-state index in [4.69, 9.17) is 15.2 Å². The number of rotatable bonds is 1. The Morgan fingerprint density at radius 1 is 1.29 bits per heavy atom. The molecule has 2 heterocycles. The lowest BCUT2D eigenvalue weighted by molar-refractivity contribution is 0.174. The van der Waals surface area contributed by atoms with Gasteiger partial charge >= 0.3 is 0 Å². The summed E-state index contributed by atoms with van der Waals surface area (Å²) in [5.74, 6) is 2.08. The van der Waals surface area contributed by atoms with Crippen LogP contribution >= 0.6 is 0 Å². The maximum absolute atomic E-state index is 6.22. The Bertz CT molecular complexity index is 422. The van der Waals surface area contributed by atoms with E-state index in [-0.39, 0.29) is 6.04 Å². The summed E-state index contributed by atoms with van der Waals surface area (Å²) in [4.78, 5) is 2.33. The van der Waals surface area contributed by atoms with Crippen molar-refractivity contribution in [3.8, 4) is 11.5 Å². The molecule has 92 valence electrons. The summed E-state index contributed by atoms with van der Waals surface area (Å²) in [6.07, 6.45) is 1.05. The van der Waals surface area contributed by atoms with E-state index in [0.717, 1.165) is 31.0 Å². The molecule has 2 atom stereocenters. The molecule has 0 unspecified atom stereocenters. The van der Waals surface area contributed by atoms with Gasteiger partial charge in [0.2, 0.25) is 6.79 Å². The highest BCUT2D eigenvalue weighted by molar-refractivity contribution is 5.45. The van der Waals surface area contributed by atoms with E-state index < -0.39 is 0 Å². The van der Waals surface area contributed by atoms with Gasteiger partial charge in [0.25, 0.3) is 0 Å². The van der Waals surface area contributed by atoms with E-state index in [2.05, 4.69) is 24.1 Å². The minimum atomic E-state index is 0.242. The van der Waals surface area contributed by atoms with Crippen molar-refractivity contribution in [3.05, 3.63) is 23.8 Å². The van der Waals surface area contributed by atoms with Crippen molar-refractivity contribution >= 4 is 0 Å². The summed E-state index contributed by atoms with van der Waals surface area (Å²) in [6, 6.07) is 6.41. The molecule has 0 spiro atoms. The molecule has 1 aromatic rings. The van der Waals surface area contributed by atoms with Crippen molar-refractivity contribution in [2.45, 2.75) is 18.4 Å². The van der Waals surface area contributed by atoms with Crippen molar-refractivity contribution in [3.63, 3.8) is 0 Å². The van der Waals surface area contributed by atoms with E-state index in [1.807, 2.05) is 6.07 Å². The van der Waals surface area contributed by atoms with Crippen LogP contribution in [0.3, 0.4) is 0 Å². The number of nitrogens with zero attached hydrogens (tertiary/aromatic N) is 1.